The van der Waals surface area contributed by atoms with Gasteiger partial charge in [-0.2, -0.15) is 0 Å². The molecule has 0 fully saturated rings. The van der Waals surface area contributed by atoms with Gasteiger partial charge in [-0.1, -0.05) is 61.3 Å². The van der Waals surface area contributed by atoms with E-state index < -0.39 is 23.9 Å². The summed E-state index contributed by atoms with van der Waals surface area (Å²) in [7, 11) is 0. The lowest BCUT2D eigenvalue weighted by Gasteiger charge is -2.10. The molecule has 0 heterocycles. The number of ether oxygens (including phenoxy) is 4. The number of unbranched alkanes of at least 4 members (excludes halogenated alkanes) is 8. The number of esters is 4. The summed E-state index contributed by atoms with van der Waals surface area (Å²) in [6, 6.07) is 4.93. The molecule has 8 heteroatoms. The van der Waals surface area contributed by atoms with Crippen LogP contribution in [0.15, 0.2) is 140 Å². The molecule has 1 aromatic rings. The highest BCUT2D eigenvalue weighted by Crippen LogP contribution is 2.26. The number of benzene rings is 1. The van der Waals surface area contributed by atoms with E-state index in [1.54, 1.807) is 30.4 Å². The van der Waals surface area contributed by atoms with Gasteiger partial charge in [0.2, 0.25) is 0 Å². The fourth-order valence-corrected chi connectivity index (χ4v) is 5.52. The van der Waals surface area contributed by atoms with Crippen LogP contribution in [0.3, 0.4) is 0 Å². The van der Waals surface area contributed by atoms with Gasteiger partial charge in [0, 0.05) is 0 Å². The summed E-state index contributed by atoms with van der Waals surface area (Å²) in [5.74, 6) is -2.09. The predicted octanol–water partition coefficient (Wildman–Crippen LogP) is 10.9. The molecule has 0 N–H and O–H groups in total. The van der Waals surface area contributed by atoms with Gasteiger partial charge in [-0.25, -0.2) is 19.2 Å². The van der Waals surface area contributed by atoms with E-state index in [0.717, 1.165) is 62.5 Å². The second-order valence-corrected chi connectivity index (χ2v) is 13.2. The maximum absolute atomic E-state index is 13.3. The summed E-state index contributed by atoms with van der Waals surface area (Å²) in [6.07, 6.45) is 29.7. The third-order valence-electron chi connectivity index (χ3n) is 8.58. The first-order valence-electron chi connectivity index (χ1n) is 19.7. The Morgan fingerprint density at radius 2 is 1.00 bits per heavy atom. The minimum atomic E-state index is -0.542. The molecule has 0 radical (unpaired) electrons. The van der Waals surface area contributed by atoms with Gasteiger partial charge in [-0.15, -0.1) is 26.3 Å². The van der Waals surface area contributed by atoms with Crippen LogP contribution in [0.1, 0.15) is 110 Å². The Labute approximate surface area is 334 Å². The van der Waals surface area contributed by atoms with Gasteiger partial charge < -0.3 is 18.9 Å². The first-order chi connectivity index (χ1) is 27.3. The minimum absolute atomic E-state index is 0.225. The average molecular weight is 765 g/mol. The van der Waals surface area contributed by atoms with Gasteiger partial charge in [0.1, 0.15) is 0 Å². The van der Waals surface area contributed by atoms with Crippen LogP contribution in [0.4, 0.5) is 0 Å². The Hall–Kier alpha value is -5.50. The van der Waals surface area contributed by atoms with Gasteiger partial charge in [-0.05, 0) is 137 Å². The van der Waals surface area contributed by atoms with Crippen LogP contribution in [0.5, 0.6) is 0 Å². The molecule has 0 spiro atoms. The van der Waals surface area contributed by atoms with E-state index in [1.807, 2.05) is 42.5 Å². The summed E-state index contributed by atoms with van der Waals surface area (Å²) in [4.78, 5) is 52.6. The molecule has 56 heavy (non-hydrogen) atoms. The molecule has 0 amide bonds. The van der Waals surface area contributed by atoms with Crippen LogP contribution in [-0.2, 0) is 35.0 Å². The zero-order valence-electron chi connectivity index (χ0n) is 33.1. The second kappa shape index (κ2) is 28.9. The van der Waals surface area contributed by atoms with Crippen molar-refractivity contribution in [2.24, 2.45) is 0 Å². The van der Waals surface area contributed by atoms with Crippen molar-refractivity contribution in [3.63, 3.8) is 0 Å². The lowest BCUT2D eigenvalue weighted by molar-refractivity contribution is -0.139. The number of carbonyl (C=O) groups excluding carboxylic acids is 4. The molecule has 0 atom stereocenters. The SMILES string of the molecule is C=C/C=C(\C=C/Cc1cc(C(=O)OCCCCC=C)cc(C(=O)OCCCCC=C)c1)C1=CC(C(=O)OCCCCC=C)=CC(C(=O)OCCCCC=C)=CC1. The van der Waals surface area contributed by atoms with Gasteiger partial charge in [0.25, 0.3) is 0 Å². The van der Waals surface area contributed by atoms with Crippen molar-refractivity contribution in [3.05, 3.63) is 157 Å². The fraction of sp³-hybridized carbons (Fsp3) is 0.375. The highest BCUT2D eigenvalue weighted by Gasteiger charge is 2.20. The molecular weight excluding hydrogens is 705 g/mol. The van der Waals surface area contributed by atoms with Crippen LogP contribution in [0, 0.1) is 0 Å². The Morgan fingerprint density at radius 3 is 1.45 bits per heavy atom. The molecule has 0 aromatic heterocycles. The van der Waals surface area contributed by atoms with E-state index in [4.69, 9.17) is 18.9 Å². The molecule has 300 valence electrons. The zero-order valence-corrected chi connectivity index (χ0v) is 33.1. The van der Waals surface area contributed by atoms with Crippen LogP contribution < -0.4 is 0 Å². The number of allylic oxidation sites excluding steroid dienone is 11. The number of carbonyl (C=O) groups is 4. The van der Waals surface area contributed by atoms with Gasteiger partial charge in [0.15, 0.2) is 0 Å². The highest BCUT2D eigenvalue weighted by molar-refractivity contribution is 5.99. The third kappa shape index (κ3) is 18.7. The van der Waals surface area contributed by atoms with E-state index in [2.05, 4.69) is 32.9 Å². The average Bonchev–Trinajstić information content (AvgIpc) is 3.43. The Balaban J connectivity index is 2.36. The van der Waals surface area contributed by atoms with Crippen molar-refractivity contribution >= 4 is 23.9 Å². The predicted molar refractivity (Wildman–Crippen MR) is 225 cm³/mol. The lowest BCUT2D eigenvalue weighted by Crippen LogP contribution is -2.11. The molecule has 0 bridgehead atoms. The Bertz CT molecular complexity index is 1620. The summed E-state index contributed by atoms with van der Waals surface area (Å²) in [5.41, 5.74) is 3.21. The normalized spacial score (nSPS) is 12.6. The van der Waals surface area contributed by atoms with Crippen molar-refractivity contribution in [3.8, 4) is 0 Å². The van der Waals surface area contributed by atoms with Gasteiger partial charge >= 0.3 is 23.9 Å². The molecule has 1 aliphatic carbocycles. The lowest BCUT2D eigenvalue weighted by atomic mass is 9.98. The van der Waals surface area contributed by atoms with E-state index in [1.165, 1.54) is 12.1 Å². The van der Waals surface area contributed by atoms with Crippen LogP contribution in [-0.4, -0.2) is 50.3 Å². The monoisotopic (exact) mass is 764 g/mol. The molecule has 2 rings (SSSR count). The van der Waals surface area contributed by atoms with Crippen LogP contribution in [0.25, 0.3) is 0 Å². The molecule has 0 aliphatic heterocycles. The molecule has 8 nitrogen and oxygen atoms in total. The van der Waals surface area contributed by atoms with Crippen molar-refractivity contribution in [2.45, 2.75) is 89.9 Å². The standard InChI is InChI=1S/C48H60O8/c1-6-11-15-19-29-53-45(49)41-28-27-40(35-44(36-41)48(52)56-32-22-18-14-9-4)39(24-10-5)26-23-25-38-33-42(46(50)54-30-20-16-12-7-2)37-43(34-38)47(51)55-31-21-17-13-8-3/h6-10,23-24,26,28,33-37H,1-5,11-22,25,27,29-32H2/b26-23-,39-24+. The summed E-state index contributed by atoms with van der Waals surface area (Å²) < 4.78 is 22.2. The molecule has 1 aromatic carbocycles. The van der Waals surface area contributed by atoms with Crippen molar-refractivity contribution in [1.82, 2.24) is 0 Å². The fourth-order valence-electron chi connectivity index (χ4n) is 5.52. The van der Waals surface area contributed by atoms with E-state index in [0.29, 0.717) is 44.1 Å². The van der Waals surface area contributed by atoms with Crippen molar-refractivity contribution < 1.29 is 38.1 Å². The minimum Gasteiger partial charge on any atom is -0.462 e. The van der Waals surface area contributed by atoms with E-state index in [-0.39, 0.29) is 48.7 Å². The topological polar surface area (TPSA) is 105 Å². The first-order valence-corrected chi connectivity index (χ1v) is 19.7. The summed E-state index contributed by atoms with van der Waals surface area (Å²) >= 11 is 0. The zero-order chi connectivity index (χ0) is 40.8. The summed E-state index contributed by atoms with van der Waals surface area (Å²) in [5, 5.41) is 0. The largest absolute Gasteiger partial charge is 0.462 e. The molecule has 0 unspecified atom stereocenters. The van der Waals surface area contributed by atoms with Crippen molar-refractivity contribution in [2.75, 3.05) is 26.4 Å². The maximum atomic E-state index is 13.3. The number of hydrogen-bond acceptors (Lipinski definition) is 8. The Kier molecular flexibility index (Phi) is 24.1. The molecular formula is C48H60O8. The van der Waals surface area contributed by atoms with E-state index in [9.17, 15) is 19.2 Å². The van der Waals surface area contributed by atoms with E-state index >= 15 is 0 Å². The van der Waals surface area contributed by atoms with Gasteiger partial charge in [0.05, 0.1) is 48.7 Å². The highest BCUT2D eigenvalue weighted by atomic mass is 16.5. The maximum Gasteiger partial charge on any atom is 0.338 e. The van der Waals surface area contributed by atoms with Crippen LogP contribution >= 0.6 is 0 Å². The smallest absolute Gasteiger partial charge is 0.338 e. The number of rotatable bonds is 29. The van der Waals surface area contributed by atoms with Gasteiger partial charge in [-0.3, -0.25) is 0 Å². The quantitative estimate of drug-likeness (QED) is 0.0261. The second-order valence-electron chi connectivity index (χ2n) is 13.2. The van der Waals surface area contributed by atoms with Crippen molar-refractivity contribution in [1.29, 1.82) is 0 Å². The third-order valence-corrected chi connectivity index (χ3v) is 8.58. The summed E-state index contributed by atoms with van der Waals surface area (Å²) in [6.45, 7) is 19.8. The van der Waals surface area contributed by atoms with Crippen LogP contribution in [0.2, 0.25) is 0 Å². The number of hydrogen-bond donors (Lipinski definition) is 0. The molecule has 1 aliphatic rings. The molecule has 0 saturated heterocycles. The first kappa shape index (κ1) is 46.7. The molecule has 0 saturated carbocycles. The Morgan fingerprint density at radius 1 is 0.554 bits per heavy atom.